The molecule has 0 radical (unpaired) electrons. The molecule has 0 bridgehead atoms. The van der Waals surface area contributed by atoms with Gasteiger partial charge in [-0.2, -0.15) is 0 Å². The molecule has 1 aliphatic heterocycles. The van der Waals surface area contributed by atoms with Crippen molar-refractivity contribution in [2.45, 2.75) is 38.5 Å². The number of aliphatic hydroxyl groups is 1. The average molecular weight is 183 g/mol. The molecule has 1 saturated heterocycles. The Morgan fingerprint density at radius 3 is 2.15 bits per heavy atom. The van der Waals surface area contributed by atoms with Gasteiger partial charge < -0.3 is 5.11 Å². The van der Waals surface area contributed by atoms with Crippen LogP contribution in [-0.4, -0.2) is 36.2 Å². The molecule has 1 N–H and O–H groups in total. The third-order valence-corrected chi connectivity index (χ3v) is 3.70. The maximum atomic E-state index is 8.80. The van der Waals surface area contributed by atoms with Gasteiger partial charge in [0.2, 0.25) is 0 Å². The number of likely N-dealkylation sites (tertiary alicyclic amines) is 1. The zero-order chi connectivity index (χ0) is 9.15. The van der Waals surface area contributed by atoms with Crippen molar-refractivity contribution in [2.75, 3.05) is 26.2 Å². The molecule has 2 fully saturated rings. The van der Waals surface area contributed by atoms with Crippen LogP contribution < -0.4 is 0 Å². The number of aliphatic hydroxyl groups excluding tert-OH is 1. The van der Waals surface area contributed by atoms with Crippen LogP contribution >= 0.6 is 0 Å². The molecule has 76 valence electrons. The summed E-state index contributed by atoms with van der Waals surface area (Å²) in [6, 6.07) is 0. The van der Waals surface area contributed by atoms with Crippen molar-refractivity contribution in [1.82, 2.24) is 4.90 Å². The quantitative estimate of drug-likeness (QED) is 0.703. The normalized spacial score (nSPS) is 28.4. The first-order chi connectivity index (χ1) is 6.35. The standard InChI is InChI=1S/C11H21NO/c13-8-7-12-9-11(10-12)5-3-1-2-4-6-11/h13H,1-10H2. The molecule has 0 atom stereocenters. The predicted molar refractivity (Wildman–Crippen MR) is 53.7 cm³/mol. The highest BCUT2D eigenvalue weighted by atomic mass is 16.3. The zero-order valence-corrected chi connectivity index (χ0v) is 8.47. The maximum Gasteiger partial charge on any atom is 0.0558 e. The molecule has 2 nitrogen and oxygen atoms in total. The van der Waals surface area contributed by atoms with Crippen molar-refractivity contribution in [1.29, 1.82) is 0 Å². The van der Waals surface area contributed by atoms with Crippen molar-refractivity contribution in [3.05, 3.63) is 0 Å². The molecule has 1 aliphatic carbocycles. The average Bonchev–Trinajstić information content (AvgIpc) is 2.29. The Hall–Kier alpha value is -0.0800. The van der Waals surface area contributed by atoms with Crippen molar-refractivity contribution in [3.63, 3.8) is 0 Å². The van der Waals surface area contributed by atoms with Gasteiger partial charge in [-0.25, -0.2) is 0 Å². The number of hydrogen-bond acceptors (Lipinski definition) is 2. The van der Waals surface area contributed by atoms with Gasteiger partial charge in [0.25, 0.3) is 0 Å². The first kappa shape index (κ1) is 9.47. The molecule has 2 aliphatic rings. The van der Waals surface area contributed by atoms with E-state index in [0.29, 0.717) is 12.0 Å². The van der Waals surface area contributed by atoms with Gasteiger partial charge in [0, 0.05) is 19.6 Å². The lowest BCUT2D eigenvalue weighted by molar-refractivity contribution is -0.0200. The third-order valence-electron chi connectivity index (χ3n) is 3.70. The summed E-state index contributed by atoms with van der Waals surface area (Å²) in [5.74, 6) is 0. The van der Waals surface area contributed by atoms with E-state index in [4.69, 9.17) is 5.11 Å². The fourth-order valence-corrected chi connectivity index (χ4v) is 3.00. The summed E-state index contributed by atoms with van der Waals surface area (Å²) in [5.41, 5.74) is 0.672. The first-order valence-electron chi connectivity index (χ1n) is 5.68. The van der Waals surface area contributed by atoms with E-state index in [0.717, 1.165) is 6.54 Å². The van der Waals surface area contributed by atoms with Crippen LogP contribution in [0, 0.1) is 5.41 Å². The smallest absolute Gasteiger partial charge is 0.0558 e. The molecule has 2 heteroatoms. The van der Waals surface area contributed by atoms with Crippen LogP contribution in [-0.2, 0) is 0 Å². The largest absolute Gasteiger partial charge is 0.395 e. The minimum atomic E-state index is 0.329. The van der Waals surface area contributed by atoms with Crippen LogP contribution in [0.3, 0.4) is 0 Å². The molecule has 0 aromatic heterocycles. The predicted octanol–water partition coefficient (Wildman–Crippen LogP) is 1.63. The fourth-order valence-electron chi connectivity index (χ4n) is 3.00. The number of rotatable bonds is 2. The zero-order valence-electron chi connectivity index (χ0n) is 8.47. The maximum absolute atomic E-state index is 8.80. The highest BCUT2D eigenvalue weighted by Gasteiger charge is 2.41. The number of nitrogens with zero attached hydrogens (tertiary/aromatic N) is 1. The van der Waals surface area contributed by atoms with Crippen LogP contribution in [0.5, 0.6) is 0 Å². The van der Waals surface area contributed by atoms with Crippen LogP contribution in [0.25, 0.3) is 0 Å². The molecular weight excluding hydrogens is 162 g/mol. The van der Waals surface area contributed by atoms with Gasteiger partial charge in [-0.1, -0.05) is 25.7 Å². The topological polar surface area (TPSA) is 23.5 Å². The molecule has 1 spiro atoms. The fraction of sp³-hybridized carbons (Fsp3) is 1.00. The SMILES string of the molecule is OCCN1CC2(CCCCCC2)C1. The lowest BCUT2D eigenvalue weighted by atomic mass is 9.73. The summed E-state index contributed by atoms with van der Waals surface area (Å²) in [6.45, 7) is 3.74. The second-order valence-corrected chi connectivity index (χ2v) is 4.85. The van der Waals surface area contributed by atoms with E-state index >= 15 is 0 Å². The summed E-state index contributed by atoms with van der Waals surface area (Å²) in [5, 5.41) is 8.80. The summed E-state index contributed by atoms with van der Waals surface area (Å²) < 4.78 is 0. The molecule has 2 rings (SSSR count). The van der Waals surface area contributed by atoms with Gasteiger partial charge in [0.1, 0.15) is 0 Å². The van der Waals surface area contributed by atoms with E-state index in [1.807, 2.05) is 0 Å². The van der Waals surface area contributed by atoms with Crippen molar-refractivity contribution >= 4 is 0 Å². The summed E-state index contributed by atoms with van der Waals surface area (Å²) >= 11 is 0. The highest BCUT2D eigenvalue weighted by Crippen LogP contribution is 2.42. The molecule has 13 heavy (non-hydrogen) atoms. The minimum Gasteiger partial charge on any atom is -0.395 e. The van der Waals surface area contributed by atoms with Gasteiger partial charge in [-0.15, -0.1) is 0 Å². The van der Waals surface area contributed by atoms with Gasteiger partial charge in [-0.05, 0) is 18.3 Å². The van der Waals surface area contributed by atoms with Gasteiger partial charge in [0.15, 0.2) is 0 Å². The van der Waals surface area contributed by atoms with Gasteiger partial charge in [-0.3, -0.25) is 4.90 Å². The van der Waals surface area contributed by atoms with E-state index < -0.39 is 0 Å². The number of hydrogen-bond donors (Lipinski definition) is 1. The Morgan fingerprint density at radius 2 is 1.62 bits per heavy atom. The Balaban J connectivity index is 1.79. The molecule has 1 saturated carbocycles. The van der Waals surface area contributed by atoms with E-state index in [2.05, 4.69) is 4.90 Å². The lowest BCUT2D eigenvalue weighted by Gasteiger charge is -2.50. The molecule has 0 amide bonds. The van der Waals surface area contributed by atoms with Crippen molar-refractivity contribution in [2.24, 2.45) is 5.41 Å². The Kier molecular flexibility index (Phi) is 2.89. The monoisotopic (exact) mass is 183 g/mol. The Morgan fingerprint density at radius 1 is 1.00 bits per heavy atom. The van der Waals surface area contributed by atoms with Crippen LogP contribution in [0.1, 0.15) is 38.5 Å². The second-order valence-electron chi connectivity index (χ2n) is 4.85. The summed E-state index contributed by atoms with van der Waals surface area (Å²) in [4.78, 5) is 2.39. The molecular formula is C11H21NO. The lowest BCUT2D eigenvalue weighted by Crippen LogP contribution is -2.56. The molecule has 0 aromatic rings. The van der Waals surface area contributed by atoms with Crippen molar-refractivity contribution < 1.29 is 5.11 Å². The molecule has 0 unspecified atom stereocenters. The number of β-amino-alcohol motifs (C(OH)–C–C–N with tert-alkyl or cyclic N) is 1. The minimum absolute atomic E-state index is 0.329. The van der Waals surface area contributed by atoms with E-state index in [1.165, 1.54) is 51.6 Å². The van der Waals surface area contributed by atoms with Crippen LogP contribution in [0.4, 0.5) is 0 Å². The molecule has 0 aromatic carbocycles. The van der Waals surface area contributed by atoms with Crippen LogP contribution in [0.2, 0.25) is 0 Å². The Bertz CT molecular complexity index is 153. The summed E-state index contributed by atoms with van der Waals surface area (Å²) in [6.07, 6.45) is 8.65. The second kappa shape index (κ2) is 3.97. The highest BCUT2D eigenvalue weighted by molar-refractivity contribution is 4.95. The van der Waals surface area contributed by atoms with Crippen LogP contribution in [0.15, 0.2) is 0 Å². The first-order valence-corrected chi connectivity index (χ1v) is 5.68. The van der Waals surface area contributed by atoms with Crippen molar-refractivity contribution in [3.8, 4) is 0 Å². The summed E-state index contributed by atoms with van der Waals surface area (Å²) in [7, 11) is 0. The Labute approximate surface area is 80.9 Å². The third kappa shape index (κ3) is 2.05. The van der Waals surface area contributed by atoms with E-state index in [1.54, 1.807) is 0 Å². The van der Waals surface area contributed by atoms with Gasteiger partial charge >= 0.3 is 0 Å². The van der Waals surface area contributed by atoms with E-state index in [-0.39, 0.29) is 0 Å². The van der Waals surface area contributed by atoms with Gasteiger partial charge in [0.05, 0.1) is 6.61 Å². The van der Waals surface area contributed by atoms with E-state index in [9.17, 15) is 0 Å². The molecule has 1 heterocycles.